The van der Waals surface area contributed by atoms with E-state index >= 15 is 0 Å². The average Bonchev–Trinajstić information content (AvgIpc) is 3.00. The fraction of sp³-hybridized carbons (Fsp3) is 0.471. The van der Waals surface area contributed by atoms with Crippen molar-refractivity contribution in [3.8, 4) is 0 Å². The van der Waals surface area contributed by atoms with Crippen LogP contribution in [0.4, 0.5) is 0 Å². The number of hydrogen-bond acceptors (Lipinski definition) is 6. The summed E-state index contributed by atoms with van der Waals surface area (Å²) in [7, 11) is 3.40. The Morgan fingerprint density at radius 2 is 2.00 bits per heavy atom. The summed E-state index contributed by atoms with van der Waals surface area (Å²) in [6.07, 6.45) is 0. The largest absolute Gasteiger partial charge is 0.465 e. The quantitative estimate of drug-likeness (QED) is 0.588. The Hall–Kier alpha value is -1.90. The lowest BCUT2D eigenvalue weighted by Crippen LogP contribution is -3.12. The summed E-state index contributed by atoms with van der Waals surface area (Å²) in [6.45, 7) is 4.54. The van der Waals surface area contributed by atoms with Crippen molar-refractivity contribution in [2.45, 2.75) is 17.5 Å². The van der Waals surface area contributed by atoms with Crippen LogP contribution in [0.25, 0.3) is 0 Å². The van der Waals surface area contributed by atoms with Crippen molar-refractivity contribution < 1.29 is 19.2 Å². The molecule has 1 aromatic carbocycles. The highest BCUT2D eigenvalue weighted by Gasteiger charge is 2.18. The molecule has 3 rings (SSSR count). The summed E-state index contributed by atoms with van der Waals surface area (Å²) in [5.74, 6) is 1.46. The number of carbonyl (C=O) groups excluding carboxylic acids is 1. The summed E-state index contributed by atoms with van der Waals surface area (Å²) < 4.78 is 12.2. The lowest BCUT2D eigenvalue weighted by atomic mass is 10.1. The number of ether oxygens (including phenoxy) is 2. The third kappa shape index (κ3) is 4.59. The number of esters is 1. The SMILES string of the molecule is COC(=O)c1ccc(CSc2nnc(C[NH+]3CCOCC3)n2C)cc1. The molecule has 1 fully saturated rings. The van der Waals surface area contributed by atoms with Crippen LogP contribution in [-0.2, 0) is 28.8 Å². The molecular formula is C17H23N4O3S+. The van der Waals surface area contributed by atoms with Crippen LogP contribution < -0.4 is 4.90 Å². The summed E-state index contributed by atoms with van der Waals surface area (Å²) in [5.41, 5.74) is 1.69. The van der Waals surface area contributed by atoms with E-state index in [4.69, 9.17) is 9.47 Å². The predicted molar refractivity (Wildman–Crippen MR) is 93.6 cm³/mol. The molecule has 2 heterocycles. The van der Waals surface area contributed by atoms with Crippen molar-refractivity contribution in [3.63, 3.8) is 0 Å². The molecule has 1 aliphatic heterocycles. The Bertz CT molecular complexity index is 711. The Morgan fingerprint density at radius 3 is 2.68 bits per heavy atom. The molecule has 1 aliphatic rings. The van der Waals surface area contributed by atoms with E-state index in [1.54, 1.807) is 23.9 Å². The molecule has 0 radical (unpaired) electrons. The maximum atomic E-state index is 11.5. The smallest absolute Gasteiger partial charge is 0.337 e. The number of nitrogens with one attached hydrogen (secondary N) is 1. The summed E-state index contributed by atoms with van der Waals surface area (Å²) in [4.78, 5) is 12.9. The third-order valence-corrected chi connectivity index (χ3v) is 5.37. The predicted octanol–water partition coefficient (Wildman–Crippen LogP) is 0.309. The zero-order valence-corrected chi connectivity index (χ0v) is 15.3. The van der Waals surface area contributed by atoms with E-state index in [0.29, 0.717) is 5.56 Å². The monoisotopic (exact) mass is 363 g/mol. The number of aromatic nitrogens is 3. The minimum atomic E-state index is -0.317. The van der Waals surface area contributed by atoms with Crippen LogP contribution in [0.2, 0.25) is 0 Å². The number of nitrogens with zero attached hydrogens (tertiary/aromatic N) is 3. The first-order valence-corrected chi connectivity index (χ1v) is 9.25. The molecule has 0 aliphatic carbocycles. The Balaban J connectivity index is 1.57. The molecule has 0 bridgehead atoms. The lowest BCUT2D eigenvalue weighted by molar-refractivity contribution is -0.922. The van der Waals surface area contributed by atoms with Crippen LogP contribution in [-0.4, -0.2) is 54.1 Å². The van der Waals surface area contributed by atoms with Gasteiger partial charge in [-0.05, 0) is 17.7 Å². The topological polar surface area (TPSA) is 70.7 Å². The van der Waals surface area contributed by atoms with Crippen molar-refractivity contribution >= 4 is 17.7 Å². The number of rotatable bonds is 6. The molecule has 2 aromatic rings. The summed E-state index contributed by atoms with van der Waals surface area (Å²) in [6, 6.07) is 7.44. The molecule has 0 spiro atoms. The van der Waals surface area contributed by atoms with Crippen molar-refractivity contribution in [3.05, 3.63) is 41.2 Å². The van der Waals surface area contributed by atoms with E-state index in [1.165, 1.54) is 12.0 Å². The second kappa shape index (κ2) is 8.46. The van der Waals surface area contributed by atoms with Gasteiger partial charge in [0.25, 0.3) is 0 Å². The number of quaternary nitrogens is 1. The highest BCUT2D eigenvalue weighted by Crippen LogP contribution is 2.21. The second-order valence-corrected chi connectivity index (χ2v) is 6.92. The number of carbonyl (C=O) groups is 1. The van der Waals surface area contributed by atoms with Gasteiger partial charge in [0.05, 0.1) is 25.9 Å². The number of hydrogen-bond donors (Lipinski definition) is 1. The van der Waals surface area contributed by atoms with Crippen molar-refractivity contribution in [2.75, 3.05) is 33.4 Å². The van der Waals surface area contributed by atoms with Gasteiger partial charge in [-0.3, -0.25) is 0 Å². The molecule has 1 aromatic heterocycles. The van der Waals surface area contributed by atoms with Gasteiger partial charge >= 0.3 is 5.97 Å². The van der Waals surface area contributed by atoms with Gasteiger partial charge in [-0.1, -0.05) is 23.9 Å². The van der Waals surface area contributed by atoms with E-state index in [-0.39, 0.29) is 5.97 Å². The normalized spacial score (nSPS) is 15.3. The second-order valence-electron chi connectivity index (χ2n) is 5.97. The van der Waals surface area contributed by atoms with E-state index in [0.717, 1.165) is 55.1 Å². The van der Waals surface area contributed by atoms with Gasteiger partial charge < -0.3 is 18.9 Å². The third-order valence-electron chi connectivity index (χ3n) is 4.28. The van der Waals surface area contributed by atoms with Crippen molar-refractivity contribution in [1.29, 1.82) is 0 Å². The van der Waals surface area contributed by atoms with Gasteiger partial charge in [0.1, 0.15) is 19.6 Å². The van der Waals surface area contributed by atoms with Gasteiger partial charge in [-0.15, -0.1) is 10.2 Å². The average molecular weight is 363 g/mol. The Labute approximate surface area is 151 Å². The molecule has 8 heteroatoms. The molecule has 0 unspecified atom stereocenters. The van der Waals surface area contributed by atoms with Crippen LogP contribution in [0.5, 0.6) is 0 Å². The number of benzene rings is 1. The molecule has 0 saturated carbocycles. The zero-order chi connectivity index (χ0) is 17.6. The number of morpholine rings is 1. The Morgan fingerprint density at radius 1 is 1.28 bits per heavy atom. The Kier molecular flexibility index (Phi) is 6.06. The van der Waals surface area contributed by atoms with Gasteiger partial charge in [0, 0.05) is 12.8 Å². The van der Waals surface area contributed by atoms with Gasteiger partial charge in [0.2, 0.25) is 0 Å². The minimum absolute atomic E-state index is 0.317. The first-order chi connectivity index (χ1) is 12.2. The fourth-order valence-corrected chi connectivity index (χ4v) is 3.57. The molecule has 0 atom stereocenters. The van der Waals surface area contributed by atoms with Gasteiger partial charge in [-0.2, -0.15) is 0 Å². The molecule has 25 heavy (non-hydrogen) atoms. The van der Waals surface area contributed by atoms with E-state index in [9.17, 15) is 4.79 Å². The molecular weight excluding hydrogens is 340 g/mol. The molecule has 7 nitrogen and oxygen atoms in total. The lowest BCUT2D eigenvalue weighted by Gasteiger charge is -2.23. The zero-order valence-electron chi connectivity index (χ0n) is 14.5. The van der Waals surface area contributed by atoms with E-state index in [1.807, 2.05) is 19.2 Å². The molecule has 1 saturated heterocycles. The van der Waals surface area contributed by atoms with Crippen LogP contribution in [0.3, 0.4) is 0 Å². The van der Waals surface area contributed by atoms with Crippen LogP contribution in [0, 0.1) is 0 Å². The maximum absolute atomic E-state index is 11.5. The highest BCUT2D eigenvalue weighted by molar-refractivity contribution is 7.98. The fourth-order valence-electron chi connectivity index (χ4n) is 2.69. The van der Waals surface area contributed by atoms with Crippen LogP contribution in [0.1, 0.15) is 21.7 Å². The van der Waals surface area contributed by atoms with Crippen molar-refractivity contribution in [1.82, 2.24) is 14.8 Å². The van der Waals surface area contributed by atoms with Gasteiger partial charge in [-0.25, -0.2) is 4.79 Å². The standard InChI is InChI=1S/C17H22N4O3S/c1-20-15(11-21-7-9-24-10-8-21)18-19-17(20)25-12-13-3-5-14(6-4-13)16(22)23-2/h3-6H,7-12H2,1-2H3/p+1. The number of methoxy groups -OCH3 is 1. The van der Waals surface area contributed by atoms with E-state index < -0.39 is 0 Å². The first-order valence-electron chi connectivity index (χ1n) is 8.27. The highest BCUT2D eigenvalue weighted by atomic mass is 32.2. The summed E-state index contributed by atoms with van der Waals surface area (Å²) in [5, 5.41) is 9.55. The van der Waals surface area contributed by atoms with Crippen LogP contribution in [0.15, 0.2) is 29.4 Å². The van der Waals surface area contributed by atoms with Gasteiger partial charge in [0.15, 0.2) is 11.0 Å². The molecule has 0 amide bonds. The van der Waals surface area contributed by atoms with Crippen molar-refractivity contribution in [2.24, 2.45) is 7.05 Å². The number of thioether (sulfide) groups is 1. The minimum Gasteiger partial charge on any atom is -0.465 e. The summed E-state index contributed by atoms with van der Waals surface area (Å²) >= 11 is 1.64. The van der Waals surface area contributed by atoms with Crippen LogP contribution >= 0.6 is 11.8 Å². The molecule has 1 N–H and O–H groups in total. The first kappa shape index (κ1) is 17.9. The van der Waals surface area contributed by atoms with E-state index in [2.05, 4.69) is 14.8 Å². The molecule has 134 valence electrons. The maximum Gasteiger partial charge on any atom is 0.337 e.